The fourth-order valence-corrected chi connectivity index (χ4v) is 2.66. The molecule has 3 N–H and O–H groups in total. The monoisotopic (exact) mass is 310 g/mol. The van der Waals surface area contributed by atoms with Gasteiger partial charge in [0.1, 0.15) is 11.6 Å². The van der Waals surface area contributed by atoms with E-state index in [1.165, 1.54) is 7.11 Å². The number of fused-ring (bicyclic) bond motifs is 1. The number of benzene rings is 1. The molecule has 0 unspecified atom stereocenters. The van der Waals surface area contributed by atoms with E-state index in [1.54, 1.807) is 24.3 Å². The van der Waals surface area contributed by atoms with Crippen LogP contribution in [-0.4, -0.2) is 23.3 Å². The first-order valence-electron chi connectivity index (χ1n) is 6.87. The molecule has 0 saturated heterocycles. The zero-order chi connectivity index (χ0) is 16.6. The smallest absolute Gasteiger partial charge is 0.337 e. The zero-order valence-corrected chi connectivity index (χ0v) is 12.6. The van der Waals surface area contributed by atoms with Crippen LogP contribution in [0.4, 0.5) is 0 Å². The molecule has 7 heteroatoms. The minimum atomic E-state index is -0.417. The van der Waals surface area contributed by atoms with E-state index in [2.05, 4.69) is 21.0 Å². The van der Waals surface area contributed by atoms with Crippen molar-refractivity contribution < 1.29 is 14.3 Å². The van der Waals surface area contributed by atoms with Crippen LogP contribution in [0, 0.1) is 18.3 Å². The van der Waals surface area contributed by atoms with E-state index in [9.17, 15) is 10.1 Å². The van der Waals surface area contributed by atoms with Gasteiger partial charge >= 0.3 is 5.97 Å². The fourth-order valence-electron chi connectivity index (χ4n) is 2.66. The Morgan fingerprint density at radius 1 is 1.43 bits per heavy atom. The molecule has 1 atom stereocenters. The third kappa shape index (κ3) is 2.30. The van der Waals surface area contributed by atoms with Gasteiger partial charge in [-0.25, -0.2) is 4.79 Å². The Morgan fingerprint density at radius 2 is 2.13 bits per heavy atom. The van der Waals surface area contributed by atoms with E-state index in [0.29, 0.717) is 17.0 Å². The van der Waals surface area contributed by atoms with Crippen LogP contribution in [0.1, 0.15) is 33.1 Å². The first-order chi connectivity index (χ1) is 11.1. The molecule has 1 aromatic heterocycles. The summed E-state index contributed by atoms with van der Waals surface area (Å²) in [6.07, 6.45) is 0. The molecule has 0 aliphatic carbocycles. The standard InChI is InChI=1S/C16H14N4O3/c1-8-12-13(9-3-5-10(6-4-9)16(21)22-2)11(7-17)14(18)23-15(12)20-19-8/h3-6,13H,18H2,1-2H3,(H,19,20)/t13-/m0/s1. The number of rotatable bonds is 2. The molecule has 0 amide bonds. The van der Waals surface area contributed by atoms with E-state index in [-0.39, 0.29) is 5.88 Å². The number of nitrogens with one attached hydrogen (secondary N) is 1. The Labute approximate surface area is 132 Å². The summed E-state index contributed by atoms with van der Waals surface area (Å²) in [5.41, 5.74) is 8.96. The van der Waals surface area contributed by atoms with Gasteiger partial charge in [0.25, 0.3) is 0 Å². The van der Waals surface area contributed by atoms with Crippen LogP contribution in [0.25, 0.3) is 0 Å². The first kappa shape index (κ1) is 14.7. The number of aryl methyl sites for hydroxylation is 1. The van der Waals surface area contributed by atoms with E-state index in [4.69, 9.17) is 10.5 Å². The van der Waals surface area contributed by atoms with Gasteiger partial charge in [-0.2, -0.15) is 5.26 Å². The molecule has 23 heavy (non-hydrogen) atoms. The minimum absolute atomic E-state index is 0.0357. The molecule has 1 aliphatic rings. The van der Waals surface area contributed by atoms with Gasteiger partial charge in [0.15, 0.2) is 0 Å². The highest BCUT2D eigenvalue weighted by Crippen LogP contribution is 2.42. The van der Waals surface area contributed by atoms with E-state index in [1.807, 2.05) is 6.92 Å². The predicted molar refractivity (Wildman–Crippen MR) is 80.4 cm³/mol. The van der Waals surface area contributed by atoms with Crippen molar-refractivity contribution in [1.82, 2.24) is 10.2 Å². The van der Waals surface area contributed by atoms with E-state index >= 15 is 0 Å². The lowest BCUT2D eigenvalue weighted by atomic mass is 9.84. The maximum absolute atomic E-state index is 11.5. The number of H-pyrrole nitrogens is 1. The molecule has 3 rings (SSSR count). The number of hydrogen-bond donors (Lipinski definition) is 2. The van der Waals surface area contributed by atoms with Crippen molar-refractivity contribution in [3.8, 4) is 11.9 Å². The van der Waals surface area contributed by atoms with E-state index < -0.39 is 11.9 Å². The van der Waals surface area contributed by atoms with Crippen molar-refractivity contribution in [1.29, 1.82) is 5.26 Å². The van der Waals surface area contributed by atoms with Gasteiger partial charge in [0, 0.05) is 11.3 Å². The average Bonchev–Trinajstić information content (AvgIpc) is 2.93. The van der Waals surface area contributed by atoms with Gasteiger partial charge in [-0.05, 0) is 24.6 Å². The van der Waals surface area contributed by atoms with Gasteiger partial charge in [-0.15, -0.1) is 5.10 Å². The third-order valence-corrected chi connectivity index (χ3v) is 3.79. The summed E-state index contributed by atoms with van der Waals surface area (Å²) in [7, 11) is 1.33. The van der Waals surface area contributed by atoms with Gasteiger partial charge in [0.2, 0.25) is 11.8 Å². The number of carbonyl (C=O) groups is 1. The number of carbonyl (C=O) groups excluding carboxylic acids is 1. The van der Waals surface area contributed by atoms with Gasteiger partial charge in [0.05, 0.1) is 18.6 Å². The van der Waals surface area contributed by atoms with Crippen LogP contribution < -0.4 is 10.5 Å². The number of aromatic nitrogens is 2. The van der Waals surface area contributed by atoms with Crippen LogP contribution >= 0.6 is 0 Å². The molecule has 116 valence electrons. The Hall–Kier alpha value is -3.27. The number of hydrogen-bond acceptors (Lipinski definition) is 6. The van der Waals surface area contributed by atoms with Crippen LogP contribution in [0.3, 0.4) is 0 Å². The number of esters is 1. The molecule has 1 aromatic carbocycles. The van der Waals surface area contributed by atoms with Gasteiger partial charge in [-0.1, -0.05) is 12.1 Å². The van der Waals surface area contributed by atoms with Crippen LogP contribution in [0.15, 0.2) is 35.7 Å². The number of methoxy groups -OCH3 is 1. The number of nitriles is 1. The van der Waals surface area contributed by atoms with E-state index in [0.717, 1.165) is 16.8 Å². The van der Waals surface area contributed by atoms with Crippen molar-refractivity contribution in [2.45, 2.75) is 12.8 Å². The maximum Gasteiger partial charge on any atom is 0.337 e. The lowest BCUT2D eigenvalue weighted by molar-refractivity contribution is 0.0600. The highest BCUT2D eigenvalue weighted by atomic mass is 16.5. The highest BCUT2D eigenvalue weighted by Gasteiger charge is 2.34. The quantitative estimate of drug-likeness (QED) is 0.816. The summed E-state index contributed by atoms with van der Waals surface area (Å²) in [6, 6.07) is 8.94. The average molecular weight is 310 g/mol. The molecule has 7 nitrogen and oxygen atoms in total. The number of nitrogens with two attached hydrogens (primary N) is 1. The lowest BCUT2D eigenvalue weighted by Gasteiger charge is -2.23. The Balaban J connectivity index is 2.11. The summed E-state index contributed by atoms with van der Waals surface area (Å²) in [6.45, 7) is 1.85. The molecule has 0 bridgehead atoms. The fraction of sp³-hybridized carbons (Fsp3) is 0.188. The molecular formula is C16H14N4O3. The molecule has 0 saturated carbocycles. The SMILES string of the molecule is COC(=O)c1ccc([C@H]2C(C#N)=C(N)Oc3n[nH]c(C)c32)cc1. The lowest BCUT2D eigenvalue weighted by Crippen LogP contribution is -2.21. The minimum Gasteiger partial charge on any atom is -0.465 e. The molecule has 0 fully saturated rings. The normalized spacial score (nSPS) is 16.3. The third-order valence-electron chi connectivity index (χ3n) is 3.79. The van der Waals surface area contributed by atoms with Crippen molar-refractivity contribution in [3.05, 3.63) is 58.1 Å². The largest absolute Gasteiger partial charge is 0.465 e. The Morgan fingerprint density at radius 3 is 2.74 bits per heavy atom. The van der Waals surface area contributed by atoms with Crippen molar-refractivity contribution in [3.63, 3.8) is 0 Å². The second-order valence-electron chi connectivity index (χ2n) is 5.11. The maximum atomic E-state index is 11.5. The summed E-state index contributed by atoms with van der Waals surface area (Å²) < 4.78 is 10.1. The summed E-state index contributed by atoms with van der Waals surface area (Å²) in [4.78, 5) is 11.5. The Bertz CT molecular complexity index is 843. The van der Waals surface area contributed by atoms with Crippen molar-refractivity contribution in [2.24, 2.45) is 5.73 Å². The highest BCUT2D eigenvalue weighted by molar-refractivity contribution is 5.89. The number of allylic oxidation sites excluding steroid dienone is 1. The predicted octanol–water partition coefficient (Wildman–Crippen LogP) is 1.72. The topological polar surface area (TPSA) is 114 Å². The van der Waals surface area contributed by atoms with Crippen LogP contribution in [0.2, 0.25) is 0 Å². The molecular weight excluding hydrogens is 296 g/mol. The summed E-state index contributed by atoms with van der Waals surface area (Å²) in [5, 5.41) is 16.4. The molecule has 0 spiro atoms. The van der Waals surface area contributed by atoms with Crippen molar-refractivity contribution >= 4 is 5.97 Å². The second kappa shape index (κ2) is 5.50. The van der Waals surface area contributed by atoms with Gasteiger partial charge < -0.3 is 15.2 Å². The van der Waals surface area contributed by atoms with Crippen LogP contribution in [0.5, 0.6) is 5.88 Å². The van der Waals surface area contributed by atoms with Gasteiger partial charge in [-0.3, -0.25) is 5.10 Å². The number of aromatic amines is 1. The Kier molecular flexibility index (Phi) is 3.50. The molecule has 1 aliphatic heterocycles. The molecule has 2 heterocycles. The van der Waals surface area contributed by atoms with Crippen molar-refractivity contribution in [2.75, 3.05) is 7.11 Å². The molecule has 2 aromatic rings. The number of ether oxygens (including phenoxy) is 2. The molecule has 0 radical (unpaired) electrons. The van der Waals surface area contributed by atoms with Crippen LogP contribution in [-0.2, 0) is 4.74 Å². The summed E-state index contributed by atoms with van der Waals surface area (Å²) >= 11 is 0. The first-order valence-corrected chi connectivity index (χ1v) is 6.87. The number of nitrogens with zero attached hydrogens (tertiary/aromatic N) is 2. The zero-order valence-electron chi connectivity index (χ0n) is 12.6. The summed E-state index contributed by atoms with van der Waals surface area (Å²) in [5.74, 6) is -0.414. The second-order valence-corrected chi connectivity index (χ2v) is 5.11.